The van der Waals surface area contributed by atoms with Crippen LogP contribution in [0.3, 0.4) is 0 Å². The van der Waals surface area contributed by atoms with Crippen LogP contribution in [0.2, 0.25) is 0 Å². The first-order valence-corrected chi connectivity index (χ1v) is 6.77. The van der Waals surface area contributed by atoms with Gasteiger partial charge in [0.2, 0.25) is 0 Å². The van der Waals surface area contributed by atoms with Crippen molar-refractivity contribution < 1.29 is 9.66 Å². The molecule has 0 radical (unpaired) electrons. The van der Waals surface area contributed by atoms with Gasteiger partial charge < -0.3 is 10.1 Å². The molecule has 0 fully saturated rings. The fourth-order valence-electron chi connectivity index (χ4n) is 1.69. The van der Waals surface area contributed by atoms with Gasteiger partial charge in [-0.2, -0.15) is 0 Å². The number of nitro groups is 1. The Hall–Kier alpha value is -2.22. The van der Waals surface area contributed by atoms with Crippen LogP contribution in [0, 0.1) is 22.5 Å². The molecular weight excluding hydrogens is 256 g/mol. The molecule has 0 amide bonds. The molecule has 0 saturated heterocycles. The van der Waals surface area contributed by atoms with E-state index in [0.29, 0.717) is 12.4 Å². The average molecular weight is 276 g/mol. The van der Waals surface area contributed by atoms with E-state index in [4.69, 9.17) is 11.2 Å². The molecule has 1 aromatic carbocycles. The molecule has 5 nitrogen and oxygen atoms in total. The lowest BCUT2D eigenvalue weighted by Gasteiger charge is -2.09. The summed E-state index contributed by atoms with van der Waals surface area (Å²) in [5.74, 6) is 2.91. The minimum atomic E-state index is -0.429. The number of nitrogens with zero attached hydrogens (tertiary/aromatic N) is 1. The minimum absolute atomic E-state index is 0.00340. The molecule has 0 aliphatic heterocycles. The Kier molecular flexibility index (Phi) is 6.97. The second-order valence-corrected chi connectivity index (χ2v) is 4.38. The molecule has 0 atom stereocenters. The van der Waals surface area contributed by atoms with E-state index < -0.39 is 4.92 Å². The molecule has 0 bridgehead atoms. The van der Waals surface area contributed by atoms with E-state index in [9.17, 15) is 10.1 Å². The van der Waals surface area contributed by atoms with Gasteiger partial charge >= 0.3 is 5.69 Å². The highest BCUT2D eigenvalue weighted by Crippen LogP contribution is 2.30. The third kappa shape index (κ3) is 5.19. The Morgan fingerprint density at radius 2 is 2.25 bits per heavy atom. The lowest BCUT2D eigenvalue weighted by Crippen LogP contribution is -2.04. The Labute approximate surface area is 119 Å². The van der Waals surface area contributed by atoms with Gasteiger partial charge in [0.1, 0.15) is 0 Å². The van der Waals surface area contributed by atoms with Gasteiger partial charge in [0, 0.05) is 30.8 Å². The second-order valence-electron chi connectivity index (χ2n) is 4.38. The fourth-order valence-corrected chi connectivity index (χ4v) is 1.69. The molecule has 0 heterocycles. The van der Waals surface area contributed by atoms with Crippen molar-refractivity contribution in [1.82, 2.24) is 0 Å². The second kappa shape index (κ2) is 8.81. The molecule has 1 N–H and O–H groups in total. The highest BCUT2D eigenvalue weighted by molar-refractivity contribution is 5.57. The average Bonchev–Trinajstić information content (AvgIpc) is 2.44. The van der Waals surface area contributed by atoms with Gasteiger partial charge in [-0.3, -0.25) is 10.1 Å². The number of anilines is 1. The van der Waals surface area contributed by atoms with Gasteiger partial charge in [-0.15, -0.1) is 12.3 Å². The van der Waals surface area contributed by atoms with E-state index in [1.165, 1.54) is 6.07 Å². The van der Waals surface area contributed by atoms with Crippen LogP contribution in [-0.2, 0) is 0 Å². The molecule has 1 rings (SSSR count). The number of hydrogen-bond acceptors (Lipinski definition) is 4. The highest BCUT2D eigenvalue weighted by Gasteiger charge is 2.15. The lowest BCUT2D eigenvalue weighted by atomic mass is 10.2. The number of nitro benzene ring substituents is 1. The van der Waals surface area contributed by atoms with E-state index in [1.807, 2.05) is 6.92 Å². The normalized spacial score (nSPS) is 9.80. The van der Waals surface area contributed by atoms with E-state index >= 15 is 0 Å². The Morgan fingerprint density at radius 1 is 1.45 bits per heavy atom. The van der Waals surface area contributed by atoms with Crippen molar-refractivity contribution in [3.8, 4) is 18.1 Å². The third-order valence-corrected chi connectivity index (χ3v) is 2.70. The van der Waals surface area contributed by atoms with Crippen molar-refractivity contribution in [3.05, 3.63) is 28.3 Å². The maximum absolute atomic E-state index is 10.9. The van der Waals surface area contributed by atoms with Crippen molar-refractivity contribution in [1.29, 1.82) is 0 Å². The molecular formula is C15H20N2O3. The number of unbranched alkanes of at least 4 members (excludes halogenated alkanes) is 2. The van der Waals surface area contributed by atoms with Crippen LogP contribution in [0.5, 0.6) is 5.75 Å². The predicted octanol–water partition coefficient (Wildman–Crippen LogP) is 3.60. The van der Waals surface area contributed by atoms with Crippen LogP contribution in [0.1, 0.15) is 32.6 Å². The van der Waals surface area contributed by atoms with Crippen LogP contribution in [0.15, 0.2) is 18.2 Å². The first-order chi connectivity index (χ1) is 9.69. The zero-order valence-corrected chi connectivity index (χ0v) is 11.7. The van der Waals surface area contributed by atoms with E-state index in [1.54, 1.807) is 12.1 Å². The molecule has 0 spiro atoms. The van der Waals surface area contributed by atoms with E-state index in [-0.39, 0.29) is 5.69 Å². The fraction of sp³-hybridized carbons (Fsp3) is 0.467. The van der Waals surface area contributed by atoms with Crippen LogP contribution in [0.4, 0.5) is 11.4 Å². The first kappa shape index (κ1) is 15.8. The summed E-state index contributed by atoms with van der Waals surface area (Å²) in [6.45, 7) is 3.21. The predicted molar refractivity (Wildman–Crippen MR) is 80.1 cm³/mol. The SMILES string of the molecule is C#CCCCCNc1ccc([N+](=O)[O-])c(OCCC)c1. The topological polar surface area (TPSA) is 64.4 Å². The van der Waals surface area contributed by atoms with Gasteiger partial charge in [0.25, 0.3) is 0 Å². The summed E-state index contributed by atoms with van der Waals surface area (Å²) in [5.41, 5.74) is 0.818. The standard InChI is InChI=1S/C15H20N2O3/c1-3-5-6-7-10-16-13-8-9-14(17(18)19)15(12-13)20-11-4-2/h1,8-9,12,16H,4-7,10-11H2,2H3. The molecule has 0 unspecified atom stereocenters. The van der Waals surface area contributed by atoms with Crippen LogP contribution < -0.4 is 10.1 Å². The largest absolute Gasteiger partial charge is 0.487 e. The quantitative estimate of drug-likeness (QED) is 0.324. The summed E-state index contributed by atoms with van der Waals surface area (Å²) >= 11 is 0. The Morgan fingerprint density at radius 3 is 2.90 bits per heavy atom. The lowest BCUT2D eigenvalue weighted by molar-refractivity contribution is -0.385. The monoisotopic (exact) mass is 276 g/mol. The van der Waals surface area contributed by atoms with Crippen molar-refractivity contribution in [3.63, 3.8) is 0 Å². The van der Waals surface area contributed by atoms with Crippen molar-refractivity contribution in [2.75, 3.05) is 18.5 Å². The van der Waals surface area contributed by atoms with Gasteiger partial charge in [-0.1, -0.05) is 6.92 Å². The summed E-state index contributed by atoms with van der Waals surface area (Å²) in [6.07, 6.45) is 8.69. The zero-order chi connectivity index (χ0) is 14.8. The molecule has 1 aromatic rings. The highest BCUT2D eigenvalue weighted by atomic mass is 16.6. The summed E-state index contributed by atoms with van der Waals surface area (Å²) in [4.78, 5) is 10.5. The van der Waals surface area contributed by atoms with Crippen molar-refractivity contribution in [2.24, 2.45) is 0 Å². The number of hydrogen-bond donors (Lipinski definition) is 1. The van der Waals surface area contributed by atoms with E-state index in [0.717, 1.165) is 37.9 Å². The Balaban J connectivity index is 2.64. The molecule has 0 aromatic heterocycles. The zero-order valence-electron chi connectivity index (χ0n) is 11.7. The maximum Gasteiger partial charge on any atom is 0.311 e. The minimum Gasteiger partial charge on any atom is -0.487 e. The van der Waals surface area contributed by atoms with Crippen molar-refractivity contribution >= 4 is 11.4 Å². The third-order valence-electron chi connectivity index (χ3n) is 2.70. The van der Waals surface area contributed by atoms with Crippen LogP contribution >= 0.6 is 0 Å². The molecule has 5 heteroatoms. The summed E-state index contributed by atoms with van der Waals surface area (Å²) < 4.78 is 5.42. The van der Waals surface area contributed by atoms with E-state index in [2.05, 4.69) is 11.2 Å². The maximum atomic E-state index is 10.9. The van der Waals surface area contributed by atoms with Gasteiger partial charge in [-0.25, -0.2) is 0 Å². The molecule has 20 heavy (non-hydrogen) atoms. The summed E-state index contributed by atoms with van der Waals surface area (Å²) in [6, 6.07) is 4.84. The number of ether oxygens (including phenoxy) is 1. The summed E-state index contributed by atoms with van der Waals surface area (Å²) in [5, 5.41) is 14.1. The molecule has 0 saturated carbocycles. The smallest absolute Gasteiger partial charge is 0.311 e. The van der Waals surface area contributed by atoms with Gasteiger partial charge in [0.15, 0.2) is 5.75 Å². The van der Waals surface area contributed by atoms with Crippen LogP contribution in [-0.4, -0.2) is 18.1 Å². The van der Waals surface area contributed by atoms with Gasteiger partial charge in [0.05, 0.1) is 11.5 Å². The van der Waals surface area contributed by atoms with Crippen molar-refractivity contribution in [2.45, 2.75) is 32.6 Å². The number of benzene rings is 1. The van der Waals surface area contributed by atoms with Gasteiger partial charge in [-0.05, 0) is 25.3 Å². The number of terminal acetylenes is 1. The van der Waals surface area contributed by atoms with Crippen LogP contribution in [0.25, 0.3) is 0 Å². The number of nitrogens with one attached hydrogen (secondary N) is 1. The molecule has 108 valence electrons. The summed E-state index contributed by atoms with van der Waals surface area (Å²) in [7, 11) is 0. The first-order valence-electron chi connectivity index (χ1n) is 6.77. The Bertz CT molecular complexity index is 480. The number of rotatable bonds is 9. The molecule has 0 aliphatic rings. The molecule has 0 aliphatic carbocycles.